The molecule has 0 amide bonds. The molecule has 7 nitrogen and oxygen atoms in total. The molecule has 0 aliphatic rings. The molecule has 0 heterocycles. The van der Waals surface area contributed by atoms with E-state index in [1.165, 1.54) is 51.4 Å². The van der Waals surface area contributed by atoms with Crippen molar-refractivity contribution in [1.29, 1.82) is 0 Å². The Morgan fingerprint density at radius 1 is 0.821 bits per heavy atom. The minimum atomic E-state index is -1.83. The number of unbranched alkanes of at least 4 members (excludes halogenated alkanes) is 2. The first-order valence-corrected chi connectivity index (χ1v) is 10.6. The van der Waals surface area contributed by atoms with E-state index in [0.717, 1.165) is 13.2 Å². The Hall–Kier alpha value is -0.890. The molecule has 28 heavy (non-hydrogen) atoms. The SMILES string of the molecule is CC(C)(C)OO.CCCCC(CC)COOCC(CC)CCCC.O=C(O)O. The second-order valence-electron chi connectivity index (χ2n) is 7.89. The normalized spacial score (nSPS) is 12.9. The van der Waals surface area contributed by atoms with Gasteiger partial charge >= 0.3 is 6.16 Å². The van der Waals surface area contributed by atoms with Crippen molar-refractivity contribution >= 4 is 6.16 Å². The van der Waals surface area contributed by atoms with Crippen molar-refractivity contribution in [3.8, 4) is 0 Å². The van der Waals surface area contributed by atoms with E-state index in [4.69, 9.17) is 30.0 Å². The lowest BCUT2D eigenvalue weighted by atomic mass is 10.0. The summed E-state index contributed by atoms with van der Waals surface area (Å²) in [6.07, 6.45) is 8.23. The summed E-state index contributed by atoms with van der Waals surface area (Å²) in [6.45, 7) is 15.8. The zero-order chi connectivity index (χ0) is 22.4. The van der Waals surface area contributed by atoms with Crippen LogP contribution in [0.1, 0.15) is 99.8 Å². The summed E-state index contributed by atoms with van der Waals surface area (Å²) in [6, 6.07) is 0. The monoisotopic (exact) mass is 410 g/mol. The van der Waals surface area contributed by atoms with E-state index in [1.807, 2.05) is 0 Å². The molecule has 172 valence electrons. The van der Waals surface area contributed by atoms with E-state index in [0.29, 0.717) is 11.8 Å². The van der Waals surface area contributed by atoms with Crippen LogP contribution in [0.15, 0.2) is 0 Å². The minimum absolute atomic E-state index is 0.403. The Labute approximate surface area is 172 Å². The molecule has 0 saturated carbocycles. The highest BCUT2D eigenvalue weighted by atomic mass is 17.2. The van der Waals surface area contributed by atoms with Gasteiger partial charge in [-0.25, -0.2) is 19.5 Å². The Morgan fingerprint density at radius 3 is 1.29 bits per heavy atom. The molecule has 0 aromatic rings. The van der Waals surface area contributed by atoms with Crippen LogP contribution < -0.4 is 0 Å². The van der Waals surface area contributed by atoms with Crippen molar-refractivity contribution < 1.29 is 34.9 Å². The molecular weight excluding hydrogens is 364 g/mol. The largest absolute Gasteiger partial charge is 0.503 e. The average molecular weight is 411 g/mol. The first-order chi connectivity index (χ1) is 13.1. The molecule has 0 aromatic carbocycles. The summed E-state index contributed by atoms with van der Waals surface area (Å²) in [5.41, 5.74) is -0.403. The van der Waals surface area contributed by atoms with Gasteiger partial charge in [-0.2, -0.15) is 0 Å². The van der Waals surface area contributed by atoms with Crippen molar-refractivity contribution in [1.82, 2.24) is 0 Å². The van der Waals surface area contributed by atoms with Crippen LogP contribution in [0.2, 0.25) is 0 Å². The topological polar surface area (TPSA) is 105 Å². The first-order valence-electron chi connectivity index (χ1n) is 10.6. The fraction of sp³-hybridized carbons (Fsp3) is 0.952. The Kier molecular flexibility index (Phi) is 25.4. The van der Waals surface area contributed by atoms with Crippen molar-refractivity contribution in [2.75, 3.05) is 13.2 Å². The molecule has 7 heteroatoms. The minimum Gasteiger partial charge on any atom is -0.450 e. The van der Waals surface area contributed by atoms with Crippen LogP contribution in [0.4, 0.5) is 4.79 Å². The molecule has 0 fully saturated rings. The van der Waals surface area contributed by atoms with E-state index in [2.05, 4.69) is 32.6 Å². The molecule has 0 rings (SSSR count). The lowest BCUT2D eigenvalue weighted by molar-refractivity contribution is -0.308. The molecule has 0 saturated heterocycles. The Bertz CT molecular complexity index is 294. The molecule has 0 bridgehead atoms. The highest BCUT2D eigenvalue weighted by Crippen LogP contribution is 2.15. The highest BCUT2D eigenvalue weighted by Gasteiger charge is 2.09. The molecule has 0 aliphatic carbocycles. The Morgan fingerprint density at radius 2 is 1.11 bits per heavy atom. The van der Waals surface area contributed by atoms with E-state index < -0.39 is 11.8 Å². The lowest BCUT2D eigenvalue weighted by Crippen LogP contribution is -2.15. The van der Waals surface area contributed by atoms with Crippen LogP contribution in [-0.4, -0.2) is 40.4 Å². The van der Waals surface area contributed by atoms with E-state index in [1.54, 1.807) is 20.8 Å². The third-order valence-corrected chi connectivity index (χ3v) is 4.05. The molecule has 3 N–H and O–H groups in total. The molecule has 0 radical (unpaired) electrons. The van der Waals surface area contributed by atoms with Gasteiger partial charge in [0.1, 0.15) is 0 Å². The van der Waals surface area contributed by atoms with Gasteiger partial charge in [0.25, 0.3) is 0 Å². The molecule has 2 unspecified atom stereocenters. The van der Waals surface area contributed by atoms with E-state index in [-0.39, 0.29) is 0 Å². The maximum Gasteiger partial charge on any atom is 0.503 e. The molecule has 2 atom stereocenters. The van der Waals surface area contributed by atoms with Gasteiger partial charge in [0.2, 0.25) is 0 Å². The van der Waals surface area contributed by atoms with Gasteiger partial charge in [0, 0.05) is 0 Å². The number of hydrogen-bond acceptors (Lipinski definition) is 5. The van der Waals surface area contributed by atoms with Gasteiger partial charge in [-0.15, -0.1) is 0 Å². The quantitative estimate of drug-likeness (QED) is 0.173. The van der Waals surface area contributed by atoms with Gasteiger partial charge < -0.3 is 10.2 Å². The summed E-state index contributed by atoms with van der Waals surface area (Å²) in [7, 11) is 0. The van der Waals surface area contributed by atoms with Crippen LogP contribution in [0.5, 0.6) is 0 Å². The van der Waals surface area contributed by atoms with Gasteiger partial charge in [0.15, 0.2) is 0 Å². The zero-order valence-electron chi connectivity index (χ0n) is 19.2. The van der Waals surface area contributed by atoms with Crippen molar-refractivity contribution in [3.63, 3.8) is 0 Å². The predicted octanol–water partition coefficient (Wildman–Crippen LogP) is 6.86. The third-order valence-electron chi connectivity index (χ3n) is 4.05. The maximum absolute atomic E-state index is 8.56. The summed E-state index contributed by atoms with van der Waals surface area (Å²) >= 11 is 0. The first kappa shape index (κ1) is 31.8. The third kappa shape index (κ3) is 32.8. The van der Waals surface area contributed by atoms with E-state index in [9.17, 15) is 0 Å². The molecular formula is C21H46O7. The van der Waals surface area contributed by atoms with Crippen LogP contribution >= 0.6 is 0 Å². The standard InChI is InChI=1S/C16H34O2.C4H10O2.CH2O3/c1-5-9-11-15(7-3)13-17-18-14-16(8-4)12-10-6-2;1-4(2,3)6-5;2-1(3)4/h15-16H,5-14H2,1-4H3;5H,1-3H3;(H2,2,3,4). The van der Waals surface area contributed by atoms with Gasteiger partial charge in [-0.3, -0.25) is 5.26 Å². The highest BCUT2D eigenvalue weighted by molar-refractivity contribution is 5.53. The zero-order valence-corrected chi connectivity index (χ0v) is 19.2. The van der Waals surface area contributed by atoms with Crippen LogP contribution in [0.3, 0.4) is 0 Å². The summed E-state index contributed by atoms with van der Waals surface area (Å²) in [5, 5.41) is 21.8. The van der Waals surface area contributed by atoms with Crippen molar-refractivity contribution in [3.05, 3.63) is 0 Å². The number of carbonyl (C=O) groups is 1. The van der Waals surface area contributed by atoms with Crippen molar-refractivity contribution in [2.24, 2.45) is 11.8 Å². The predicted molar refractivity (Wildman–Crippen MR) is 113 cm³/mol. The second-order valence-corrected chi connectivity index (χ2v) is 7.89. The number of carboxylic acid groups (broad SMARTS) is 2. The summed E-state index contributed by atoms with van der Waals surface area (Å²) < 4.78 is 0. The Balaban J connectivity index is -0.000000513. The molecule has 0 aromatic heterocycles. The number of hydrogen-bond donors (Lipinski definition) is 3. The van der Waals surface area contributed by atoms with Gasteiger partial charge in [-0.05, 0) is 45.4 Å². The summed E-state index contributed by atoms with van der Waals surface area (Å²) in [4.78, 5) is 23.3. The van der Waals surface area contributed by atoms with Crippen LogP contribution in [-0.2, 0) is 14.7 Å². The van der Waals surface area contributed by atoms with Gasteiger partial charge in [0.05, 0.1) is 18.8 Å². The fourth-order valence-corrected chi connectivity index (χ4v) is 2.08. The second kappa shape index (κ2) is 22.4. The average Bonchev–Trinajstić information content (AvgIpc) is 2.63. The van der Waals surface area contributed by atoms with Crippen LogP contribution in [0, 0.1) is 11.8 Å². The number of rotatable bonds is 13. The summed E-state index contributed by atoms with van der Waals surface area (Å²) in [5.74, 6) is 1.33. The van der Waals surface area contributed by atoms with Crippen LogP contribution in [0.25, 0.3) is 0 Å². The van der Waals surface area contributed by atoms with Crippen molar-refractivity contribution in [2.45, 2.75) is 105 Å². The maximum atomic E-state index is 8.56. The van der Waals surface area contributed by atoms with Gasteiger partial charge in [-0.1, -0.05) is 66.2 Å². The van der Waals surface area contributed by atoms with E-state index >= 15 is 0 Å². The molecule has 0 aliphatic heterocycles. The smallest absolute Gasteiger partial charge is 0.450 e. The fourth-order valence-electron chi connectivity index (χ4n) is 2.08. The molecule has 0 spiro atoms. The lowest BCUT2D eigenvalue weighted by Gasteiger charge is -2.16.